The molecule has 0 amide bonds. The van der Waals surface area contributed by atoms with Gasteiger partial charge in [0.2, 0.25) is 0 Å². The first-order valence-electron chi connectivity index (χ1n) is 4.20. The summed E-state index contributed by atoms with van der Waals surface area (Å²) in [6.07, 6.45) is 0.372. The average molecular weight is 254 g/mol. The van der Waals surface area contributed by atoms with Gasteiger partial charge in [0.05, 0.1) is 19.1 Å². The lowest BCUT2D eigenvalue weighted by atomic mass is 10.0. The van der Waals surface area contributed by atoms with Crippen molar-refractivity contribution in [2.45, 2.75) is 13.0 Å². The number of fused-ring (bicyclic) bond motifs is 1. The molecule has 72 valence electrons. The summed E-state index contributed by atoms with van der Waals surface area (Å²) < 4.78 is 11.4. The van der Waals surface area contributed by atoms with Crippen LogP contribution in [0.3, 0.4) is 0 Å². The highest BCUT2D eigenvalue weighted by molar-refractivity contribution is 9.10. The molecule has 1 aliphatic heterocycles. The Labute approximate surface area is 90.4 Å². The van der Waals surface area contributed by atoms with Crippen LogP contribution in [-0.4, -0.2) is 6.79 Å². The van der Waals surface area contributed by atoms with Gasteiger partial charge >= 0.3 is 0 Å². The molecule has 14 heavy (non-hydrogen) atoms. The number of nitrogens with zero attached hydrogens (tertiary/aromatic N) is 1. The number of rotatable bonds is 1. The minimum atomic E-state index is 0.292. The van der Waals surface area contributed by atoms with Crippen molar-refractivity contribution in [3.8, 4) is 11.8 Å². The third kappa shape index (κ3) is 1.61. The predicted octanol–water partition coefficient (Wildman–Crippen LogP) is 2.38. The number of benzene rings is 1. The second-order valence-corrected chi connectivity index (χ2v) is 3.80. The molecule has 0 atom stereocenters. The zero-order valence-corrected chi connectivity index (χ0v) is 9.00. The van der Waals surface area contributed by atoms with Gasteiger partial charge in [0, 0.05) is 10.0 Å². The molecule has 0 aliphatic carbocycles. The van der Waals surface area contributed by atoms with Crippen LogP contribution >= 0.6 is 15.9 Å². The smallest absolute Gasteiger partial charge is 0.189 e. The lowest BCUT2D eigenvalue weighted by molar-refractivity contribution is -0.0168. The first-order valence-corrected chi connectivity index (χ1v) is 5.00. The largest absolute Gasteiger partial charge is 0.467 e. The summed E-state index contributed by atoms with van der Waals surface area (Å²) in [6.45, 7) is 0.812. The van der Waals surface area contributed by atoms with Crippen LogP contribution in [0.4, 0.5) is 0 Å². The molecule has 0 saturated heterocycles. The highest BCUT2D eigenvalue weighted by Gasteiger charge is 2.16. The molecule has 0 aromatic heterocycles. The van der Waals surface area contributed by atoms with E-state index in [-0.39, 0.29) is 0 Å². The molecule has 0 spiro atoms. The average Bonchev–Trinajstić information content (AvgIpc) is 2.23. The quantitative estimate of drug-likeness (QED) is 0.772. The van der Waals surface area contributed by atoms with E-state index in [1.54, 1.807) is 0 Å². The minimum Gasteiger partial charge on any atom is -0.467 e. The van der Waals surface area contributed by atoms with E-state index >= 15 is 0 Å². The zero-order valence-electron chi connectivity index (χ0n) is 7.42. The topological polar surface area (TPSA) is 42.2 Å². The third-order valence-corrected chi connectivity index (χ3v) is 2.87. The number of hydrogen-bond donors (Lipinski definition) is 0. The highest BCUT2D eigenvalue weighted by atomic mass is 79.9. The Morgan fingerprint density at radius 1 is 1.50 bits per heavy atom. The summed E-state index contributed by atoms with van der Waals surface area (Å²) >= 11 is 3.41. The van der Waals surface area contributed by atoms with Gasteiger partial charge in [-0.2, -0.15) is 5.26 Å². The van der Waals surface area contributed by atoms with Crippen LogP contribution in [0, 0.1) is 11.3 Å². The van der Waals surface area contributed by atoms with E-state index in [4.69, 9.17) is 14.7 Å². The summed E-state index contributed by atoms with van der Waals surface area (Å²) in [6, 6.07) is 5.93. The third-order valence-electron chi connectivity index (χ3n) is 2.13. The Morgan fingerprint density at radius 3 is 3.14 bits per heavy atom. The highest BCUT2D eigenvalue weighted by Crippen LogP contribution is 2.32. The van der Waals surface area contributed by atoms with Crippen molar-refractivity contribution in [3.63, 3.8) is 0 Å². The van der Waals surface area contributed by atoms with Crippen molar-refractivity contribution >= 4 is 15.9 Å². The lowest BCUT2D eigenvalue weighted by Crippen LogP contribution is -2.13. The second kappa shape index (κ2) is 3.99. The van der Waals surface area contributed by atoms with Gasteiger partial charge < -0.3 is 9.47 Å². The van der Waals surface area contributed by atoms with Gasteiger partial charge in [0.15, 0.2) is 6.79 Å². The maximum atomic E-state index is 8.69. The Hall–Kier alpha value is -1.05. The number of ether oxygens (including phenoxy) is 2. The summed E-state index contributed by atoms with van der Waals surface area (Å²) in [7, 11) is 0. The molecule has 3 nitrogen and oxygen atoms in total. The second-order valence-electron chi connectivity index (χ2n) is 2.95. The Bertz CT molecular complexity index is 398. The van der Waals surface area contributed by atoms with E-state index in [0.717, 1.165) is 21.3 Å². The van der Waals surface area contributed by atoms with E-state index in [0.29, 0.717) is 19.8 Å². The van der Waals surface area contributed by atoms with Gasteiger partial charge in [-0.25, -0.2) is 0 Å². The van der Waals surface area contributed by atoms with E-state index < -0.39 is 0 Å². The molecule has 0 saturated carbocycles. The van der Waals surface area contributed by atoms with Crippen molar-refractivity contribution < 1.29 is 9.47 Å². The molecule has 1 aromatic rings. The van der Waals surface area contributed by atoms with Gasteiger partial charge in [0.25, 0.3) is 0 Å². The van der Waals surface area contributed by atoms with Crippen molar-refractivity contribution in [2.24, 2.45) is 0 Å². The summed E-state index contributed by atoms with van der Waals surface area (Å²) in [5.74, 6) is 0.824. The van der Waals surface area contributed by atoms with Crippen molar-refractivity contribution in [1.29, 1.82) is 5.26 Å². The standard InChI is InChI=1S/C10H8BrNO2/c11-9-1-2-10-8(5-13-6-14-10)7(9)3-4-12/h1-2H,3,5-6H2. The molecular weight excluding hydrogens is 246 g/mol. The van der Waals surface area contributed by atoms with Gasteiger partial charge in [-0.15, -0.1) is 0 Å². The fourth-order valence-corrected chi connectivity index (χ4v) is 1.97. The monoisotopic (exact) mass is 253 g/mol. The minimum absolute atomic E-state index is 0.292. The van der Waals surface area contributed by atoms with Crippen LogP contribution in [0.5, 0.6) is 5.75 Å². The fourth-order valence-electron chi connectivity index (χ4n) is 1.46. The Kier molecular flexibility index (Phi) is 2.71. The number of nitriles is 1. The molecule has 1 aromatic carbocycles. The van der Waals surface area contributed by atoms with Crippen LogP contribution in [0.2, 0.25) is 0 Å². The van der Waals surface area contributed by atoms with Crippen LogP contribution in [0.1, 0.15) is 11.1 Å². The first kappa shape index (κ1) is 9.50. The van der Waals surface area contributed by atoms with Gasteiger partial charge in [-0.1, -0.05) is 15.9 Å². The SMILES string of the molecule is N#CCc1c(Br)ccc2c1COCO2. The van der Waals surface area contributed by atoms with E-state index in [2.05, 4.69) is 22.0 Å². The Morgan fingerprint density at radius 2 is 2.36 bits per heavy atom. The predicted molar refractivity (Wildman–Crippen MR) is 53.7 cm³/mol. The van der Waals surface area contributed by atoms with Crippen LogP contribution in [0.25, 0.3) is 0 Å². The van der Waals surface area contributed by atoms with Gasteiger partial charge in [-0.05, 0) is 17.7 Å². The first-order chi connectivity index (χ1) is 6.83. The molecular formula is C10H8BrNO2. The summed E-state index contributed by atoms with van der Waals surface area (Å²) in [5, 5.41) is 8.69. The lowest BCUT2D eigenvalue weighted by Gasteiger charge is -2.20. The maximum absolute atomic E-state index is 8.69. The normalized spacial score (nSPS) is 14.0. The van der Waals surface area contributed by atoms with Crippen molar-refractivity contribution in [1.82, 2.24) is 0 Å². The molecule has 0 radical (unpaired) electrons. The molecule has 1 aliphatic rings. The molecule has 0 bridgehead atoms. The molecule has 0 N–H and O–H groups in total. The van der Waals surface area contributed by atoms with Crippen LogP contribution in [-0.2, 0) is 17.8 Å². The number of hydrogen-bond acceptors (Lipinski definition) is 3. The molecule has 0 fully saturated rings. The summed E-state index contributed by atoms with van der Waals surface area (Å²) in [4.78, 5) is 0. The van der Waals surface area contributed by atoms with Gasteiger partial charge in [-0.3, -0.25) is 0 Å². The van der Waals surface area contributed by atoms with Crippen LogP contribution < -0.4 is 4.74 Å². The molecule has 1 heterocycles. The maximum Gasteiger partial charge on any atom is 0.189 e. The van der Waals surface area contributed by atoms with Crippen molar-refractivity contribution in [3.05, 3.63) is 27.7 Å². The van der Waals surface area contributed by atoms with Gasteiger partial charge in [0.1, 0.15) is 5.75 Å². The molecule has 2 rings (SSSR count). The van der Waals surface area contributed by atoms with Crippen LogP contribution in [0.15, 0.2) is 16.6 Å². The molecule has 0 unspecified atom stereocenters. The zero-order chi connectivity index (χ0) is 9.97. The van der Waals surface area contributed by atoms with E-state index in [1.165, 1.54) is 0 Å². The van der Waals surface area contributed by atoms with E-state index in [1.807, 2.05) is 12.1 Å². The fraction of sp³-hybridized carbons (Fsp3) is 0.300. The Balaban J connectivity index is 2.50. The molecule has 4 heteroatoms. The number of halogens is 1. The van der Waals surface area contributed by atoms with E-state index in [9.17, 15) is 0 Å². The van der Waals surface area contributed by atoms with Crippen molar-refractivity contribution in [2.75, 3.05) is 6.79 Å². The summed E-state index contributed by atoms with van der Waals surface area (Å²) in [5.41, 5.74) is 1.94.